The predicted molar refractivity (Wildman–Crippen MR) is 93.5 cm³/mol. The first-order valence-corrected chi connectivity index (χ1v) is 9.52. The van der Waals surface area contributed by atoms with E-state index in [-0.39, 0.29) is 0 Å². The van der Waals surface area contributed by atoms with Gasteiger partial charge in [0.25, 0.3) is 0 Å². The highest BCUT2D eigenvalue weighted by Crippen LogP contribution is 2.20. The molecule has 2 aromatic carbocycles. The van der Waals surface area contributed by atoms with Crippen LogP contribution in [-0.4, -0.2) is 23.3 Å². The zero-order valence-electron chi connectivity index (χ0n) is 13.2. The second-order valence-electron chi connectivity index (χ2n) is 5.25. The Morgan fingerprint density at radius 2 is 1.86 bits per heavy atom. The molecule has 4 nitrogen and oxygen atoms in total. The Morgan fingerprint density at radius 3 is 2.50 bits per heavy atom. The first-order chi connectivity index (χ1) is 10.5. The molecule has 0 spiro atoms. The molecule has 0 bridgehead atoms. The Labute approximate surface area is 132 Å². The van der Waals surface area contributed by atoms with E-state index in [9.17, 15) is 4.21 Å². The van der Waals surface area contributed by atoms with E-state index in [4.69, 9.17) is 4.74 Å². The van der Waals surface area contributed by atoms with E-state index < -0.39 is 9.73 Å². The van der Waals surface area contributed by atoms with Crippen molar-refractivity contribution in [3.05, 3.63) is 54.1 Å². The van der Waals surface area contributed by atoms with Crippen LogP contribution in [0, 0.1) is 0 Å². The monoisotopic (exact) mass is 318 g/mol. The van der Waals surface area contributed by atoms with Crippen LogP contribution in [0.15, 0.2) is 52.9 Å². The van der Waals surface area contributed by atoms with Crippen molar-refractivity contribution in [1.29, 1.82) is 0 Å². The first-order valence-electron chi connectivity index (χ1n) is 7.19. The van der Waals surface area contributed by atoms with Gasteiger partial charge in [0.15, 0.2) is 0 Å². The largest absolute Gasteiger partial charge is 0.494 e. The predicted octanol–water partition coefficient (Wildman–Crippen LogP) is 4.06. The highest BCUT2D eigenvalue weighted by Gasteiger charge is 1.99. The van der Waals surface area contributed by atoms with Gasteiger partial charge in [-0.05, 0) is 42.8 Å². The van der Waals surface area contributed by atoms with Gasteiger partial charge >= 0.3 is 0 Å². The van der Waals surface area contributed by atoms with Crippen molar-refractivity contribution in [1.82, 2.24) is 0 Å². The van der Waals surface area contributed by atoms with E-state index in [1.165, 1.54) is 5.56 Å². The Hall–Kier alpha value is -2.01. The minimum Gasteiger partial charge on any atom is -0.494 e. The third-order valence-corrected chi connectivity index (χ3v) is 3.55. The fraction of sp³-hybridized carbons (Fsp3) is 0.294. The number of nitrogens with zero attached hydrogens (tertiary/aromatic N) is 1. The topological polar surface area (TPSA) is 50.7 Å². The maximum absolute atomic E-state index is 11.7. The highest BCUT2D eigenvalue weighted by molar-refractivity contribution is 7.92. The lowest BCUT2D eigenvalue weighted by Crippen LogP contribution is -1.99. The van der Waals surface area contributed by atoms with Gasteiger partial charge in [0, 0.05) is 34.5 Å². The molecule has 0 aliphatic rings. The van der Waals surface area contributed by atoms with Gasteiger partial charge < -0.3 is 10.1 Å². The quantitative estimate of drug-likeness (QED) is 0.874. The van der Waals surface area contributed by atoms with Crippen molar-refractivity contribution in [3.63, 3.8) is 0 Å². The average Bonchev–Trinajstić information content (AvgIpc) is 2.45. The van der Waals surface area contributed by atoms with Crippen LogP contribution in [0.25, 0.3) is 0 Å². The maximum Gasteiger partial charge on any atom is 0.119 e. The number of anilines is 1. The minimum absolute atomic E-state index is 0.673. The molecule has 0 saturated heterocycles. The summed E-state index contributed by atoms with van der Waals surface area (Å²) in [5.74, 6) is 0.882. The lowest BCUT2D eigenvalue weighted by molar-refractivity contribution is 0.340. The Bertz CT molecular complexity index is 725. The average molecular weight is 318 g/mol. The van der Waals surface area contributed by atoms with Crippen LogP contribution >= 0.6 is 0 Å². The molecular formula is C17H22N2O2S. The molecule has 22 heavy (non-hydrogen) atoms. The SMILES string of the molecule is CCOc1ccc(CNc2cccc(N=S(C)(C)=O)c2)cc1. The van der Waals surface area contributed by atoms with E-state index in [0.29, 0.717) is 13.2 Å². The van der Waals surface area contributed by atoms with E-state index >= 15 is 0 Å². The number of rotatable bonds is 6. The molecule has 5 heteroatoms. The third kappa shape index (κ3) is 5.41. The Kier molecular flexibility index (Phi) is 5.44. The summed E-state index contributed by atoms with van der Waals surface area (Å²) in [7, 11) is -2.14. The van der Waals surface area contributed by atoms with Crippen molar-refractivity contribution in [2.45, 2.75) is 13.5 Å². The molecule has 2 aromatic rings. The Morgan fingerprint density at radius 1 is 1.14 bits per heavy atom. The molecule has 0 aliphatic heterocycles. The fourth-order valence-corrected chi connectivity index (χ4v) is 2.62. The van der Waals surface area contributed by atoms with Gasteiger partial charge in [0.1, 0.15) is 5.75 Å². The molecular weight excluding hydrogens is 296 g/mol. The van der Waals surface area contributed by atoms with Crippen molar-refractivity contribution < 1.29 is 8.95 Å². The van der Waals surface area contributed by atoms with Gasteiger partial charge in [-0.2, -0.15) is 4.36 Å². The van der Waals surface area contributed by atoms with Crippen LogP contribution in [0.2, 0.25) is 0 Å². The molecule has 0 atom stereocenters. The second kappa shape index (κ2) is 7.31. The van der Waals surface area contributed by atoms with Crippen molar-refractivity contribution in [2.24, 2.45) is 4.36 Å². The summed E-state index contributed by atoms with van der Waals surface area (Å²) in [4.78, 5) is 0. The molecule has 0 heterocycles. The van der Waals surface area contributed by atoms with Gasteiger partial charge in [0.2, 0.25) is 0 Å². The lowest BCUT2D eigenvalue weighted by Gasteiger charge is -2.08. The first kappa shape index (κ1) is 16.4. The summed E-state index contributed by atoms with van der Waals surface area (Å²) in [5, 5.41) is 3.34. The van der Waals surface area contributed by atoms with Crippen LogP contribution in [0.3, 0.4) is 0 Å². The van der Waals surface area contributed by atoms with E-state index in [1.54, 1.807) is 12.5 Å². The number of benzene rings is 2. The number of nitrogens with one attached hydrogen (secondary N) is 1. The van der Waals surface area contributed by atoms with Gasteiger partial charge in [-0.25, -0.2) is 4.21 Å². The molecule has 0 radical (unpaired) electrons. The lowest BCUT2D eigenvalue weighted by atomic mass is 10.2. The van der Waals surface area contributed by atoms with Gasteiger partial charge in [0.05, 0.1) is 12.3 Å². The van der Waals surface area contributed by atoms with E-state index in [0.717, 1.165) is 17.1 Å². The number of hydrogen-bond acceptors (Lipinski definition) is 4. The van der Waals surface area contributed by atoms with Crippen molar-refractivity contribution in [3.8, 4) is 5.75 Å². The van der Waals surface area contributed by atoms with Gasteiger partial charge in [-0.1, -0.05) is 18.2 Å². The third-order valence-electron chi connectivity index (χ3n) is 2.90. The highest BCUT2D eigenvalue weighted by atomic mass is 32.2. The molecule has 0 aliphatic carbocycles. The smallest absolute Gasteiger partial charge is 0.119 e. The van der Waals surface area contributed by atoms with Crippen LogP contribution in [-0.2, 0) is 16.3 Å². The van der Waals surface area contributed by atoms with Gasteiger partial charge in [-0.15, -0.1) is 0 Å². The summed E-state index contributed by atoms with van der Waals surface area (Å²) < 4.78 is 21.4. The normalized spacial score (nSPS) is 11.0. The molecule has 118 valence electrons. The molecule has 1 N–H and O–H groups in total. The molecule has 2 rings (SSSR count). The van der Waals surface area contributed by atoms with Crippen LogP contribution in [0.5, 0.6) is 5.75 Å². The molecule has 0 unspecified atom stereocenters. The summed E-state index contributed by atoms with van der Waals surface area (Å²) in [6.45, 7) is 3.35. The summed E-state index contributed by atoms with van der Waals surface area (Å²) >= 11 is 0. The Balaban J connectivity index is 2.02. The molecule has 0 amide bonds. The van der Waals surface area contributed by atoms with Crippen LogP contribution in [0.4, 0.5) is 11.4 Å². The standard InChI is InChI=1S/C17H22N2O2S/c1-4-21-17-10-8-14(9-11-17)13-18-15-6-5-7-16(12-15)19-22(2,3)20/h5-12,18H,4,13H2,1-3H3. The molecule has 0 saturated carbocycles. The zero-order valence-corrected chi connectivity index (χ0v) is 14.0. The number of ether oxygens (including phenoxy) is 1. The summed E-state index contributed by atoms with van der Waals surface area (Å²) in [6.07, 6.45) is 3.26. The van der Waals surface area contributed by atoms with Crippen molar-refractivity contribution in [2.75, 3.05) is 24.4 Å². The summed E-state index contributed by atoms with van der Waals surface area (Å²) in [5.41, 5.74) is 2.85. The fourth-order valence-electron chi connectivity index (χ4n) is 2.00. The number of hydrogen-bond donors (Lipinski definition) is 1. The maximum atomic E-state index is 11.7. The minimum atomic E-state index is -2.14. The van der Waals surface area contributed by atoms with E-state index in [1.807, 2.05) is 55.5 Å². The van der Waals surface area contributed by atoms with E-state index in [2.05, 4.69) is 9.68 Å². The second-order valence-corrected chi connectivity index (χ2v) is 7.80. The summed E-state index contributed by atoms with van der Waals surface area (Å²) in [6, 6.07) is 15.7. The van der Waals surface area contributed by atoms with Crippen molar-refractivity contribution >= 4 is 21.1 Å². The molecule has 0 aromatic heterocycles. The molecule has 0 fully saturated rings. The van der Waals surface area contributed by atoms with Crippen LogP contribution in [0.1, 0.15) is 12.5 Å². The zero-order chi connectivity index (χ0) is 16.0. The van der Waals surface area contributed by atoms with Gasteiger partial charge in [-0.3, -0.25) is 0 Å². The van der Waals surface area contributed by atoms with Crippen LogP contribution < -0.4 is 10.1 Å².